The average molecular weight is 316 g/mol. The smallest absolute Gasteiger partial charge is 0.328 e. The first-order chi connectivity index (χ1) is 11.1. The number of hydrogen-bond acceptors (Lipinski definition) is 3. The molecule has 1 aromatic carbocycles. The Morgan fingerprint density at radius 3 is 2.35 bits per heavy atom. The monoisotopic (exact) mass is 316 g/mol. The van der Waals surface area contributed by atoms with Gasteiger partial charge in [-0.1, -0.05) is 32.4 Å². The van der Waals surface area contributed by atoms with Crippen molar-refractivity contribution < 1.29 is 4.74 Å². The summed E-state index contributed by atoms with van der Waals surface area (Å²) in [6.07, 6.45) is 3.01. The van der Waals surface area contributed by atoms with Crippen LogP contribution >= 0.6 is 0 Å². The van der Waals surface area contributed by atoms with Gasteiger partial charge in [-0.15, -0.1) is 0 Å². The first kappa shape index (κ1) is 17.1. The molecule has 0 fully saturated rings. The van der Waals surface area contributed by atoms with Crippen molar-refractivity contribution in [3.8, 4) is 5.75 Å². The molecule has 23 heavy (non-hydrogen) atoms. The van der Waals surface area contributed by atoms with Crippen LogP contribution in [0.15, 0.2) is 33.9 Å². The maximum absolute atomic E-state index is 12.2. The molecule has 1 aromatic heterocycles. The van der Waals surface area contributed by atoms with Gasteiger partial charge in [0, 0.05) is 17.8 Å². The van der Waals surface area contributed by atoms with E-state index in [0.717, 1.165) is 41.8 Å². The van der Waals surface area contributed by atoms with E-state index in [4.69, 9.17) is 4.74 Å². The van der Waals surface area contributed by atoms with Crippen molar-refractivity contribution in [3.63, 3.8) is 0 Å². The van der Waals surface area contributed by atoms with Gasteiger partial charge in [-0.2, -0.15) is 0 Å². The molecule has 0 radical (unpaired) electrons. The predicted octanol–water partition coefficient (Wildman–Crippen LogP) is 2.30. The highest BCUT2D eigenvalue weighted by Gasteiger charge is 2.12. The van der Waals surface area contributed by atoms with Crippen LogP contribution in [-0.4, -0.2) is 16.7 Å². The van der Waals surface area contributed by atoms with Crippen molar-refractivity contribution in [2.75, 3.05) is 7.11 Å². The van der Waals surface area contributed by atoms with E-state index >= 15 is 0 Å². The minimum absolute atomic E-state index is 0.248. The lowest BCUT2D eigenvalue weighted by Crippen LogP contribution is -2.36. The first-order valence-corrected chi connectivity index (χ1v) is 8.08. The van der Waals surface area contributed by atoms with Gasteiger partial charge < -0.3 is 4.74 Å². The molecule has 0 aliphatic rings. The van der Waals surface area contributed by atoms with Gasteiger partial charge >= 0.3 is 5.69 Å². The van der Waals surface area contributed by atoms with E-state index in [1.807, 2.05) is 31.2 Å². The van der Waals surface area contributed by atoms with Gasteiger partial charge in [-0.05, 0) is 37.0 Å². The number of ether oxygens (including phenoxy) is 1. The molecular weight excluding hydrogens is 292 g/mol. The Bertz CT molecular complexity index is 757. The second-order valence-corrected chi connectivity index (χ2v) is 5.54. The van der Waals surface area contributed by atoms with Gasteiger partial charge in [0.2, 0.25) is 0 Å². The summed E-state index contributed by atoms with van der Waals surface area (Å²) in [5, 5.41) is 0. The van der Waals surface area contributed by atoms with E-state index in [-0.39, 0.29) is 11.2 Å². The fourth-order valence-electron chi connectivity index (χ4n) is 2.81. The molecule has 5 nitrogen and oxygen atoms in total. The Morgan fingerprint density at radius 1 is 1.09 bits per heavy atom. The average Bonchev–Trinajstić information content (AvgIpc) is 2.55. The minimum atomic E-state index is -0.316. The Labute approximate surface area is 135 Å². The van der Waals surface area contributed by atoms with E-state index in [1.165, 1.54) is 0 Å². The van der Waals surface area contributed by atoms with Crippen LogP contribution in [0.5, 0.6) is 5.75 Å². The van der Waals surface area contributed by atoms with Crippen molar-refractivity contribution in [1.82, 2.24) is 9.55 Å². The van der Waals surface area contributed by atoms with Crippen LogP contribution in [0.25, 0.3) is 0 Å². The van der Waals surface area contributed by atoms with Crippen molar-refractivity contribution >= 4 is 0 Å². The van der Waals surface area contributed by atoms with E-state index in [1.54, 1.807) is 11.7 Å². The molecule has 0 unspecified atom stereocenters. The van der Waals surface area contributed by atoms with E-state index < -0.39 is 0 Å². The molecule has 0 bridgehead atoms. The fraction of sp³-hybridized carbons (Fsp3) is 0.444. The Balaban J connectivity index is 2.30. The summed E-state index contributed by atoms with van der Waals surface area (Å²) in [5.41, 5.74) is 2.16. The quantitative estimate of drug-likeness (QED) is 0.852. The number of nitrogens with zero attached hydrogens (tertiary/aromatic N) is 1. The van der Waals surface area contributed by atoms with Crippen LogP contribution < -0.4 is 16.0 Å². The largest absolute Gasteiger partial charge is 0.497 e. The number of hydrogen-bond donors (Lipinski definition) is 1. The van der Waals surface area contributed by atoms with Crippen molar-refractivity contribution in [3.05, 3.63) is 61.9 Å². The van der Waals surface area contributed by atoms with Crippen LogP contribution in [0.4, 0.5) is 0 Å². The molecule has 0 aliphatic carbocycles. The van der Waals surface area contributed by atoms with Gasteiger partial charge in [0.05, 0.1) is 7.11 Å². The standard InChI is InChI=1S/C18H24N2O3/c1-4-6-16-15(5-2)17(21)19-18(22)20(16)12-11-13-7-9-14(23-3)10-8-13/h7-10H,4-6,11-12H2,1-3H3,(H,19,21,22). The Kier molecular flexibility index (Phi) is 5.79. The van der Waals surface area contributed by atoms with Crippen LogP contribution in [0.3, 0.4) is 0 Å². The highest BCUT2D eigenvalue weighted by molar-refractivity contribution is 5.27. The third kappa shape index (κ3) is 3.92. The number of rotatable bonds is 7. The molecule has 2 rings (SSSR count). The highest BCUT2D eigenvalue weighted by Crippen LogP contribution is 2.13. The predicted molar refractivity (Wildman–Crippen MR) is 91.4 cm³/mol. The minimum Gasteiger partial charge on any atom is -0.497 e. The lowest BCUT2D eigenvalue weighted by Gasteiger charge is -2.15. The van der Waals surface area contributed by atoms with Gasteiger partial charge in [0.25, 0.3) is 5.56 Å². The third-order valence-corrected chi connectivity index (χ3v) is 4.04. The molecule has 1 heterocycles. The second kappa shape index (κ2) is 7.81. The number of aryl methyl sites for hydroxylation is 1. The SMILES string of the molecule is CCCc1c(CC)c(=O)[nH]c(=O)n1CCc1ccc(OC)cc1. The number of H-pyrrole nitrogens is 1. The van der Waals surface area contributed by atoms with Crippen LogP contribution in [0, 0.1) is 0 Å². The number of aromatic amines is 1. The van der Waals surface area contributed by atoms with Crippen LogP contribution in [0.1, 0.15) is 37.1 Å². The molecule has 124 valence electrons. The zero-order valence-electron chi connectivity index (χ0n) is 14.0. The van der Waals surface area contributed by atoms with Gasteiger partial charge in [-0.25, -0.2) is 4.79 Å². The van der Waals surface area contributed by atoms with Crippen molar-refractivity contribution in [2.24, 2.45) is 0 Å². The highest BCUT2D eigenvalue weighted by atomic mass is 16.5. The second-order valence-electron chi connectivity index (χ2n) is 5.54. The van der Waals surface area contributed by atoms with Crippen LogP contribution in [-0.2, 0) is 25.8 Å². The maximum Gasteiger partial charge on any atom is 0.328 e. The fourth-order valence-corrected chi connectivity index (χ4v) is 2.81. The molecule has 0 amide bonds. The third-order valence-electron chi connectivity index (χ3n) is 4.04. The molecular formula is C18H24N2O3. The maximum atomic E-state index is 12.2. The summed E-state index contributed by atoms with van der Waals surface area (Å²) in [6, 6.07) is 7.82. The molecule has 0 saturated carbocycles. The Hall–Kier alpha value is -2.30. The number of benzene rings is 1. The summed E-state index contributed by atoms with van der Waals surface area (Å²) in [4.78, 5) is 26.6. The summed E-state index contributed by atoms with van der Waals surface area (Å²) in [6.45, 7) is 4.56. The van der Waals surface area contributed by atoms with Crippen molar-refractivity contribution in [2.45, 2.75) is 46.1 Å². The number of methoxy groups -OCH3 is 1. The first-order valence-electron chi connectivity index (χ1n) is 8.08. The normalized spacial score (nSPS) is 10.7. The van der Waals surface area contributed by atoms with Gasteiger partial charge in [0.1, 0.15) is 5.75 Å². The summed E-state index contributed by atoms with van der Waals surface area (Å²) in [5.74, 6) is 0.815. The molecule has 1 N–H and O–H groups in total. The summed E-state index contributed by atoms with van der Waals surface area (Å²) in [7, 11) is 1.64. The summed E-state index contributed by atoms with van der Waals surface area (Å²) < 4.78 is 6.87. The van der Waals surface area contributed by atoms with E-state index in [0.29, 0.717) is 13.0 Å². The zero-order valence-corrected chi connectivity index (χ0v) is 14.0. The van der Waals surface area contributed by atoms with Crippen molar-refractivity contribution in [1.29, 1.82) is 0 Å². The van der Waals surface area contributed by atoms with Gasteiger partial charge in [-0.3, -0.25) is 14.3 Å². The van der Waals surface area contributed by atoms with Gasteiger partial charge in [0.15, 0.2) is 0 Å². The molecule has 5 heteroatoms. The molecule has 0 atom stereocenters. The topological polar surface area (TPSA) is 64.1 Å². The van der Waals surface area contributed by atoms with E-state index in [2.05, 4.69) is 11.9 Å². The molecule has 0 spiro atoms. The van der Waals surface area contributed by atoms with Crippen LogP contribution in [0.2, 0.25) is 0 Å². The molecule has 0 aliphatic heterocycles. The van der Waals surface area contributed by atoms with E-state index in [9.17, 15) is 9.59 Å². The molecule has 0 saturated heterocycles. The lowest BCUT2D eigenvalue weighted by atomic mass is 10.1. The lowest BCUT2D eigenvalue weighted by molar-refractivity contribution is 0.414. The molecule has 2 aromatic rings. The number of aromatic nitrogens is 2. The number of nitrogens with one attached hydrogen (secondary N) is 1. The Morgan fingerprint density at radius 2 is 1.78 bits per heavy atom. The zero-order chi connectivity index (χ0) is 16.8. The summed E-state index contributed by atoms with van der Waals surface area (Å²) >= 11 is 0.